The van der Waals surface area contributed by atoms with Gasteiger partial charge in [-0.1, -0.05) is 5.21 Å². The van der Waals surface area contributed by atoms with E-state index in [1.54, 1.807) is 0 Å². The summed E-state index contributed by atoms with van der Waals surface area (Å²) in [6.45, 7) is -5.63. The topological polar surface area (TPSA) is 270 Å². The molecule has 2 aliphatic rings. The minimum atomic E-state index is -4.36. The third-order valence-electron chi connectivity index (χ3n) is 6.86. The highest BCUT2D eigenvalue weighted by Gasteiger charge is 2.51. The third kappa shape index (κ3) is 6.22. The van der Waals surface area contributed by atoms with Crippen molar-refractivity contribution in [2.75, 3.05) is 24.7 Å². The predicted molar refractivity (Wildman–Crippen MR) is 161 cm³/mol. The van der Waals surface area contributed by atoms with Gasteiger partial charge >= 0.3 is 6.72 Å². The van der Waals surface area contributed by atoms with Crippen LogP contribution in [0.5, 0.6) is 0 Å². The van der Waals surface area contributed by atoms with Crippen LogP contribution >= 0.6 is 25.6 Å². The molecule has 26 heteroatoms. The number of hydrogen-bond acceptors (Lipinski definition) is 17. The Kier molecular flexibility index (Phi) is 9.19. The number of fused-ring (bicyclic) bond motifs is 2. The third-order valence-corrected chi connectivity index (χ3v) is 10.7. The van der Waals surface area contributed by atoms with Gasteiger partial charge in [0.05, 0.1) is 24.8 Å². The summed E-state index contributed by atoms with van der Waals surface area (Å²) in [6.07, 6.45) is -7.27. The maximum Gasteiger partial charge on any atom is 0.325 e. The summed E-state index contributed by atoms with van der Waals surface area (Å²) < 4.78 is 55.7. The highest BCUT2D eigenvalue weighted by atomic mass is 32.5. The molecule has 6 rings (SSSR count). The molecule has 4 aromatic rings. The van der Waals surface area contributed by atoms with Gasteiger partial charge in [-0.05, 0) is 23.6 Å². The monoisotopic (exact) mass is 729 g/mol. The first-order chi connectivity index (χ1) is 21.4. The average molecular weight is 730 g/mol. The van der Waals surface area contributed by atoms with Crippen LogP contribution in [0.15, 0.2) is 17.4 Å². The lowest BCUT2D eigenvalue weighted by Crippen LogP contribution is -2.34. The number of thioether (sulfide) groups is 1. The number of aliphatic hydroxyl groups excluding tert-OH is 1. The number of halogens is 2. The summed E-state index contributed by atoms with van der Waals surface area (Å²) in [5.41, 5.74) is 10.8. The highest BCUT2D eigenvalue weighted by Crippen LogP contribution is 2.54. The minimum absolute atomic E-state index is 0.0484. The second-order valence-corrected chi connectivity index (χ2v) is 15.6. The molecule has 19 nitrogen and oxygen atoms in total. The van der Waals surface area contributed by atoms with E-state index in [9.17, 15) is 19.7 Å². The van der Waals surface area contributed by atoms with Crippen molar-refractivity contribution in [3.05, 3.63) is 23.0 Å². The number of anilines is 2. The number of aromatic amines is 1. The number of imidazole rings is 1. The van der Waals surface area contributed by atoms with Gasteiger partial charge in [0.2, 0.25) is 5.95 Å². The van der Waals surface area contributed by atoms with Gasteiger partial charge in [0.15, 0.2) is 42.2 Å². The molecule has 4 aromatic heterocycles. The van der Waals surface area contributed by atoms with E-state index in [0.717, 1.165) is 22.8 Å². The fraction of sp³-hybridized carbons (Fsp3) is 0.526. The van der Waals surface area contributed by atoms with Gasteiger partial charge in [-0.2, -0.15) is 4.98 Å². The van der Waals surface area contributed by atoms with Gasteiger partial charge in [0.1, 0.15) is 41.7 Å². The van der Waals surface area contributed by atoms with Crippen LogP contribution in [0.4, 0.5) is 20.5 Å². The molecule has 0 aliphatic carbocycles. The van der Waals surface area contributed by atoms with Crippen molar-refractivity contribution in [1.29, 1.82) is 0 Å². The molecule has 6 heterocycles. The van der Waals surface area contributed by atoms with E-state index in [1.807, 2.05) is 0 Å². The number of hydrogen-bond donors (Lipinski definition) is 6. The van der Waals surface area contributed by atoms with E-state index in [-0.39, 0.29) is 34.1 Å². The van der Waals surface area contributed by atoms with Crippen LogP contribution in [0.3, 0.4) is 0 Å². The number of nitrogens with zero attached hydrogens (tertiary/aromatic N) is 8. The zero-order chi connectivity index (χ0) is 32.2. The van der Waals surface area contributed by atoms with Crippen molar-refractivity contribution in [2.45, 2.75) is 47.5 Å². The van der Waals surface area contributed by atoms with Crippen LogP contribution in [0.1, 0.15) is 11.6 Å². The minimum Gasteiger partial charge on any atom is -0.395 e. The molecule has 2 unspecified atom stereocenters. The molecule has 0 spiro atoms. The number of nitrogens with two attached hydrogens (primary N) is 2. The smallest absolute Gasteiger partial charge is 0.325 e. The number of ether oxygens (including phenoxy) is 1. The Morgan fingerprint density at radius 2 is 1.98 bits per heavy atom. The standard InChI is InChI=1S/C19H23F2N11O8P2S3/c20-7-6(1-33)45-18(32-15-10(29-30-32)16(34)28-19(23)27-15)12(7)40-42(36,44)37-2-5-11(39-41(35)43)8(21)17(38-5)31-4-26-9-13(22)24-3-25-14(9)31/h3-8,11-12,17-18,33,41H,1-2H2,(H,35,43)(H,36,44)(H2,22,24,25)(H3,23,27,28,34)/t5-,6-,7-,8+,11-,12-,17-,18-,42?/m1/s1. The normalized spacial score (nSPS) is 30.7. The van der Waals surface area contributed by atoms with E-state index in [1.165, 1.54) is 10.9 Å². The zero-order valence-corrected chi connectivity index (χ0v) is 26.6. The van der Waals surface area contributed by atoms with Gasteiger partial charge in [0, 0.05) is 0 Å². The van der Waals surface area contributed by atoms with E-state index >= 15 is 8.78 Å². The summed E-state index contributed by atoms with van der Waals surface area (Å²) in [7, 11) is -2.87. The fourth-order valence-electron chi connectivity index (χ4n) is 4.90. The molecule has 0 amide bonds. The van der Waals surface area contributed by atoms with Crippen LogP contribution in [-0.2, 0) is 41.9 Å². The summed E-state index contributed by atoms with van der Waals surface area (Å²) in [6, 6.07) is 0. The van der Waals surface area contributed by atoms with Crippen LogP contribution < -0.4 is 17.0 Å². The molecule has 0 aromatic carbocycles. The number of nitrogens with one attached hydrogen (secondary N) is 1. The van der Waals surface area contributed by atoms with Crippen LogP contribution in [0.2, 0.25) is 0 Å². The summed E-state index contributed by atoms with van der Waals surface area (Å²) in [4.78, 5) is 51.3. The van der Waals surface area contributed by atoms with Gasteiger partial charge in [-0.3, -0.25) is 18.9 Å². The molecule has 10 atom stereocenters. The lowest BCUT2D eigenvalue weighted by molar-refractivity contribution is -0.0434. The number of nitrogen functional groups attached to an aromatic ring is 2. The highest BCUT2D eigenvalue weighted by molar-refractivity contribution is 8.07. The Labute approximate surface area is 264 Å². The first-order valence-electron chi connectivity index (χ1n) is 12.7. The van der Waals surface area contributed by atoms with E-state index < -0.39 is 80.1 Å². The maximum atomic E-state index is 15.7. The van der Waals surface area contributed by atoms with Crippen LogP contribution in [-0.4, -0.2) is 108 Å². The second kappa shape index (κ2) is 12.7. The molecule has 2 fully saturated rings. The first-order valence-corrected chi connectivity index (χ1v) is 18.7. The van der Waals surface area contributed by atoms with Crippen molar-refractivity contribution >= 4 is 83.3 Å². The molecule has 8 N–H and O–H groups in total. The molecular formula is C19H23F2N11O8P2S3. The van der Waals surface area contributed by atoms with E-state index in [0.29, 0.717) is 0 Å². The molecular weight excluding hydrogens is 706 g/mol. The summed E-state index contributed by atoms with van der Waals surface area (Å²) in [5.74, 6) is -0.209. The van der Waals surface area contributed by atoms with Crippen molar-refractivity contribution < 1.29 is 42.0 Å². The summed E-state index contributed by atoms with van der Waals surface area (Å²) in [5, 5.41) is 15.2. The Morgan fingerprint density at radius 3 is 2.71 bits per heavy atom. The van der Waals surface area contributed by atoms with Crippen molar-refractivity contribution in [1.82, 2.24) is 44.5 Å². The van der Waals surface area contributed by atoms with Crippen LogP contribution in [0.25, 0.3) is 22.3 Å². The number of rotatable bonds is 10. The van der Waals surface area contributed by atoms with Gasteiger partial charge in [-0.15, -0.1) is 16.9 Å². The lowest BCUT2D eigenvalue weighted by atomic mass is 10.1. The van der Waals surface area contributed by atoms with Crippen molar-refractivity contribution in [3.8, 4) is 0 Å². The molecule has 2 saturated heterocycles. The quantitative estimate of drug-likeness (QED) is 0.109. The Balaban J connectivity index is 1.22. The van der Waals surface area contributed by atoms with Crippen molar-refractivity contribution in [2.24, 2.45) is 0 Å². The fourth-order valence-corrected chi connectivity index (χ4v) is 8.61. The lowest BCUT2D eigenvalue weighted by Gasteiger charge is -2.27. The molecule has 0 radical (unpaired) electrons. The zero-order valence-electron chi connectivity index (χ0n) is 22.2. The number of aromatic nitrogens is 9. The molecule has 0 saturated carbocycles. The SMILES string of the molecule is Nc1nc2c(nnn2[C@@H]2S[C@H](CO)[C@@H](F)[C@H]2OP(O)(=S)OC[C@H]2O[C@@H](n3cnc4c(N)ncnc43)[C@@H](F)[C@@H]2O[PH](O)=S)c(=O)[nH]1. The number of aliphatic hydroxyl groups is 1. The Morgan fingerprint density at radius 1 is 1.20 bits per heavy atom. The van der Waals surface area contributed by atoms with E-state index in [4.69, 9.17) is 53.4 Å². The second-order valence-electron chi connectivity index (χ2n) is 9.62. The Hall–Kier alpha value is -2.34. The van der Waals surface area contributed by atoms with Crippen LogP contribution in [0, 0.1) is 0 Å². The van der Waals surface area contributed by atoms with Gasteiger partial charge in [-0.25, -0.2) is 28.4 Å². The van der Waals surface area contributed by atoms with E-state index in [2.05, 4.69) is 35.2 Å². The largest absolute Gasteiger partial charge is 0.395 e. The number of H-pyrrole nitrogens is 1. The van der Waals surface area contributed by atoms with Gasteiger partial charge in [0.25, 0.3) is 5.56 Å². The predicted octanol–water partition coefficient (Wildman–Crippen LogP) is -0.799. The van der Waals surface area contributed by atoms with Crippen molar-refractivity contribution in [3.63, 3.8) is 0 Å². The summed E-state index contributed by atoms with van der Waals surface area (Å²) >= 11 is 10.8. The maximum absolute atomic E-state index is 15.7. The first kappa shape index (κ1) is 32.6. The molecule has 45 heavy (non-hydrogen) atoms. The average Bonchev–Trinajstić information content (AvgIpc) is 3.73. The molecule has 244 valence electrons. The molecule has 0 bridgehead atoms. The van der Waals surface area contributed by atoms with Gasteiger partial charge < -0.3 is 40.1 Å². The molecule has 2 aliphatic heterocycles. The Bertz CT molecular complexity index is 1870. The number of alkyl halides is 2.